The van der Waals surface area contributed by atoms with E-state index in [1.807, 2.05) is 6.92 Å². The number of rotatable bonds is 7. The minimum Gasteiger partial charge on any atom is -0.490 e. The van der Waals surface area contributed by atoms with E-state index in [1.165, 1.54) is 31.2 Å². The van der Waals surface area contributed by atoms with Gasteiger partial charge in [-0.2, -0.15) is 4.39 Å². The molecule has 0 spiro atoms. The Kier molecular flexibility index (Phi) is 8.15. The smallest absolute Gasteiger partial charge is 0.341 e. The van der Waals surface area contributed by atoms with Crippen molar-refractivity contribution in [2.45, 2.75) is 58.0 Å². The number of hydrogen-bond donors (Lipinski definition) is 0. The van der Waals surface area contributed by atoms with Gasteiger partial charge < -0.3 is 9.47 Å². The monoisotopic (exact) mass is 518 g/mol. The van der Waals surface area contributed by atoms with Gasteiger partial charge in [-0.1, -0.05) is 25.1 Å². The molecular formula is C29H27F5O3. The summed E-state index contributed by atoms with van der Waals surface area (Å²) in [6, 6.07) is 9.13. The van der Waals surface area contributed by atoms with Crippen molar-refractivity contribution in [3.8, 4) is 16.9 Å². The van der Waals surface area contributed by atoms with E-state index in [9.17, 15) is 26.7 Å². The average molecular weight is 519 g/mol. The van der Waals surface area contributed by atoms with Gasteiger partial charge in [-0.15, -0.1) is 0 Å². The van der Waals surface area contributed by atoms with E-state index < -0.39 is 41.2 Å². The van der Waals surface area contributed by atoms with Crippen LogP contribution in [0, 0.1) is 36.0 Å². The summed E-state index contributed by atoms with van der Waals surface area (Å²) >= 11 is 0. The Morgan fingerprint density at radius 1 is 0.865 bits per heavy atom. The normalized spacial score (nSPS) is 17.5. The molecule has 0 heterocycles. The fourth-order valence-electron chi connectivity index (χ4n) is 4.61. The topological polar surface area (TPSA) is 35.5 Å². The fourth-order valence-corrected chi connectivity index (χ4v) is 4.61. The highest BCUT2D eigenvalue weighted by Gasteiger charge is 2.29. The lowest BCUT2D eigenvalue weighted by Gasteiger charge is -2.29. The van der Waals surface area contributed by atoms with Gasteiger partial charge in [0.05, 0.1) is 12.2 Å². The maximum Gasteiger partial charge on any atom is 0.341 e. The maximum absolute atomic E-state index is 14.8. The quantitative estimate of drug-likeness (QED) is 0.235. The second-order valence-corrected chi connectivity index (χ2v) is 9.26. The fraction of sp³-hybridized carbons (Fsp3) is 0.345. The van der Waals surface area contributed by atoms with Gasteiger partial charge >= 0.3 is 5.97 Å². The summed E-state index contributed by atoms with van der Waals surface area (Å²) in [7, 11) is 0. The summed E-state index contributed by atoms with van der Waals surface area (Å²) in [4.78, 5) is 12.6. The minimum atomic E-state index is -1.18. The molecule has 0 amide bonds. The van der Waals surface area contributed by atoms with Crippen LogP contribution >= 0.6 is 0 Å². The number of benzene rings is 3. The predicted octanol–water partition coefficient (Wildman–Crippen LogP) is 8.03. The highest BCUT2D eigenvalue weighted by Crippen LogP contribution is 2.37. The Bertz CT molecular complexity index is 1300. The summed E-state index contributed by atoms with van der Waals surface area (Å²) < 4.78 is 82.6. The molecule has 4 rings (SSSR count). The average Bonchev–Trinajstić information content (AvgIpc) is 2.89. The molecule has 8 heteroatoms. The van der Waals surface area contributed by atoms with Gasteiger partial charge in [-0.05, 0) is 85.9 Å². The number of esters is 1. The lowest BCUT2D eigenvalue weighted by Crippen LogP contribution is -2.24. The molecule has 3 aromatic carbocycles. The summed E-state index contributed by atoms with van der Waals surface area (Å²) in [6.07, 6.45) is 1.94. The van der Waals surface area contributed by atoms with Gasteiger partial charge in [0.2, 0.25) is 5.82 Å². The number of ether oxygens (including phenoxy) is 2. The minimum absolute atomic E-state index is 0.0559. The SMILES string of the molecule is CCCOc1ccc(-c2ccc(C(=O)OC3CCC(c4ccc(C)c(F)c4F)CC3)c(F)c2)c(F)c1F. The number of halogens is 5. The number of hydrogen-bond acceptors (Lipinski definition) is 3. The van der Waals surface area contributed by atoms with Crippen molar-refractivity contribution in [1.29, 1.82) is 0 Å². The van der Waals surface area contributed by atoms with Crippen molar-refractivity contribution in [2.75, 3.05) is 6.61 Å². The van der Waals surface area contributed by atoms with Crippen LogP contribution in [0.2, 0.25) is 0 Å². The van der Waals surface area contributed by atoms with Crippen molar-refractivity contribution >= 4 is 5.97 Å². The van der Waals surface area contributed by atoms with Crippen molar-refractivity contribution in [3.05, 3.63) is 88.2 Å². The van der Waals surface area contributed by atoms with Crippen LogP contribution in [0.25, 0.3) is 11.1 Å². The Labute approximate surface area is 212 Å². The van der Waals surface area contributed by atoms with Gasteiger partial charge in [0.15, 0.2) is 23.2 Å². The van der Waals surface area contributed by atoms with Gasteiger partial charge in [-0.3, -0.25) is 0 Å². The van der Waals surface area contributed by atoms with Crippen LogP contribution in [0.15, 0.2) is 42.5 Å². The largest absolute Gasteiger partial charge is 0.490 e. The number of carbonyl (C=O) groups excluding carboxylic acids is 1. The van der Waals surface area contributed by atoms with E-state index in [-0.39, 0.29) is 40.5 Å². The number of aryl methyl sites for hydroxylation is 1. The molecule has 1 saturated carbocycles. The third-order valence-corrected chi connectivity index (χ3v) is 6.70. The number of carbonyl (C=O) groups is 1. The molecule has 0 radical (unpaired) electrons. The maximum atomic E-state index is 14.8. The molecule has 1 aliphatic rings. The third kappa shape index (κ3) is 5.63. The molecule has 196 valence electrons. The summed E-state index contributed by atoms with van der Waals surface area (Å²) in [5, 5.41) is 0. The van der Waals surface area contributed by atoms with E-state index in [4.69, 9.17) is 9.47 Å². The van der Waals surface area contributed by atoms with Crippen LogP contribution in [0.3, 0.4) is 0 Å². The first-order valence-corrected chi connectivity index (χ1v) is 12.3. The van der Waals surface area contributed by atoms with Crippen molar-refractivity contribution in [3.63, 3.8) is 0 Å². The second-order valence-electron chi connectivity index (χ2n) is 9.26. The molecule has 0 unspecified atom stereocenters. The molecule has 3 nitrogen and oxygen atoms in total. The van der Waals surface area contributed by atoms with Crippen molar-refractivity contribution < 1.29 is 36.2 Å². The van der Waals surface area contributed by atoms with Crippen LogP contribution in [-0.2, 0) is 4.74 Å². The zero-order valence-corrected chi connectivity index (χ0v) is 20.6. The Morgan fingerprint density at radius 2 is 1.59 bits per heavy atom. The van der Waals surface area contributed by atoms with E-state index in [2.05, 4.69) is 0 Å². The molecule has 0 bridgehead atoms. The highest BCUT2D eigenvalue weighted by molar-refractivity contribution is 5.90. The second kappa shape index (κ2) is 11.3. The Hall–Kier alpha value is -3.42. The van der Waals surface area contributed by atoms with Gasteiger partial charge in [-0.25, -0.2) is 22.4 Å². The molecule has 0 atom stereocenters. The molecule has 0 aromatic heterocycles. The summed E-state index contributed by atoms with van der Waals surface area (Å²) in [5.41, 5.74) is 0.103. The first-order chi connectivity index (χ1) is 17.7. The van der Waals surface area contributed by atoms with Crippen LogP contribution in [0.4, 0.5) is 22.0 Å². The van der Waals surface area contributed by atoms with Crippen LogP contribution in [0.5, 0.6) is 5.75 Å². The molecule has 0 saturated heterocycles. The van der Waals surface area contributed by atoms with E-state index in [1.54, 1.807) is 12.1 Å². The summed E-state index contributed by atoms with van der Waals surface area (Å²) in [6.45, 7) is 3.56. The zero-order chi connectivity index (χ0) is 26.7. The Morgan fingerprint density at radius 3 is 2.27 bits per heavy atom. The lowest BCUT2D eigenvalue weighted by molar-refractivity contribution is 0.0189. The van der Waals surface area contributed by atoms with E-state index >= 15 is 0 Å². The highest BCUT2D eigenvalue weighted by atomic mass is 19.2. The van der Waals surface area contributed by atoms with Crippen LogP contribution < -0.4 is 4.74 Å². The van der Waals surface area contributed by atoms with Crippen molar-refractivity contribution in [2.24, 2.45) is 0 Å². The van der Waals surface area contributed by atoms with E-state index in [0.29, 0.717) is 37.7 Å². The zero-order valence-electron chi connectivity index (χ0n) is 20.6. The molecule has 3 aromatic rings. The van der Waals surface area contributed by atoms with Gasteiger partial charge in [0.25, 0.3) is 0 Å². The molecule has 1 fully saturated rings. The molecule has 0 N–H and O–H groups in total. The summed E-state index contributed by atoms with van der Waals surface area (Å²) in [5.74, 6) is -6.28. The predicted molar refractivity (Wildman–Crippen MR) is 129 cm³/mol. The van der Waals surface area contributed by atoms with E-state index in [0.717, 1.165) is 6.07 Å². The standard InChI is InChI=1S/C29H27F5O3/c1-3-14-36-24-13-12-21(27(33)28(24)34)18-7-11-22(23(30)15-18)29(35)37-19-8-5-17(6-9-19)20-10-4-16(2)25(31)26(20)32/h4,7,10-13,15,17,19H,3,5-6,8-9,14H2,1-2H3. The molecule has 0 aliphatic heterocycles. The molecule has 37 heavy (non-hydrogen) atoms. The lowest BCUT2D eigenvalue weighted by atomic mass is 9.82. The van der Waals surface area contributed by atoms with Crippen LogP contribution in [0.1, 0.15) is 66.4 Å². The molecular weight excluding hydrogens is 491 g/mol. The van der Waals surface area contributed by atoms with Gasteiger partial charge in [0.1, 0.15) is 11.9 Å². The first kappa shape index (κ1) is 26.6. The first-order valence-electron chi connectivity index (χ1n) is 12.3. The van der Waals surface area contributed by atoms with Crippen LogP contribution in [-0.4, -0.2) is 18.7 Å². The van der Waals surface area contributed by atoms with Gasteiger partial charge in [0, 0.05) is 5.56 Å². The van der Waals surface area contributed by atoms with Crippen molar-refractivity contribution in [1.82, 2.24) is 0 Å². The Balaban J connectivity index is 1.41. The third-order valence-electron chi connectivity index (χ3n) is 6.70. The molecule has 1 aliphatic carbocycles.